The number of morpholine rings is 1. The lowest BCUT2D eigenvalue weighted by atomic mass is 10.1. The molecule has 0 bridgehead atoms. The van der Waals surface area contributed by atoms with Gasteiger partial charge in [-0.3, -0.25) is 14.9 Å². The smallest absolute Gasteiger partial charge is 0.293 e. The molecule has 0 unspecified atom stereocenters. The van der Waals surface area contributed by atoms with Gasteiger partial charge in [-0.15, -0.1) is 0 Å². The summed E-state index contributed by atoms with van der Waals surface area (Å²) < 4.78 is 11.3. The zero-order chi connectivity index (χ0) is 25.2. The predicted octanol–water partition coefficient (Wildman–Crippen LogP) is 5.36. The standard InChI is InChI=1S/C27H26N4O5/c1-3-18-5-9-25-22(14-18)29-27(36-25)20-6-4-17(2)21(15-20)28-26(32)19-7-8-23(24(16-19)31(33)34)30-10-12-35-13-11-30/h4-9,14-16H,3,10-13H2,1-2H3,(H,28,32). The highest BCUT2D eigenvalue weighted by Gasteiger charge is 2.23. The predicted molar refractivity (Wildman–Crippen MR) is 138 cm³/mol. The average Bonchev–Trinajstić information content (AvgIpc) is 3.33. The fourth-order valence-corrected chi connectivity index (χ4v) is 4.28. The van der Waals surface area contributed by atoms with Crippen molar-refractivity contribution in [2.75, 3.05) is 36.5 Å². The fourth-order valence-electron chi connectivity index (χ4n) is 4.28. The molecule has 3 aromatic carbocycles. The second-order valence-corrected chi connectivity index (χ2v) is 8.72. The minimum absolute atomic E-state index is 0.104. The number of aromatic nitrogens is 1. The number of amides is 1. The first-order valence-corrected chi connectivity index (χ1v) is 11.9. The first kappa shape index (κ1) is 23.5. The maximum absolute atomic E-state index is 13.1. The molecular formula is C27H26N4O5. The highest BCUT2D eigenvalue weighted by molar-refractivity contribution is 6.05. The van der Waals surface area contributed by atoms with Gasteiger partial charge in [0.2, 0.25) is 5.89 Å². The normalized spacial score (nSPS) is 13.7. The molecule has 1 fully saturated rings. The minimum atomic E-state index is -0.454. The Balaban J connectivity index is 1.41. The molecule has 4 aromatic rings. The number of ether oxygens (including phenoxy) is 1. The number of oxazole rings is 1. The molecular weight excluding hydrogens is 460 g/mol. The van der Waals surface area contributed by atoms with E-state index in [0.29, 0.717) is 49.2 Å². The Morgan fingerprint density at radius 3 is 2.67 bits per heavy atom. The lowest BCUT2D eigenvalue weighted by Gasteiger charge is -2.28. The summed E-state index contributed by atoms with van der Waals surface area (Å²) >= 11 is 0. The monoisotopic (exact) mass is 486 g/mol. The number of nitro benzene ring substituents is 1. The van der Waals surface area contributed by atoms with Crippen LogP contribution in [0.5, 0.6) is 0 Å². The number of nitrogens with one attached hydrogen (secondary N) is 1. The number of carbonyl (C=O) groups excluding carboxylic acids is 1. The molecule has 1 N–H and O–H groups in total. The fraction of sp³-hybridized carbons (Fsp3) is 0.259. The van der Waals surface area contributed by atoms with Gasteiger partial charge in [-0.2, -0.15) is 0 Å². The van der Waals surface area contributed by atoms with Crippen molar-refractivity contribution in [1.82, 2.24) is 4.98 Å². The summed E-state index contributed by atoms with van der Waals surface area (Å²) in [6.45, 7) is 6.11. The van der Waals surface area contributed by atoms with Gasteiger partial charge < -0.3 is 19.4 Å². The van der Waals surface area contributed by atoms with Gasteiger partial charge in [0.1, 0.15) is 11.2 Å². The summed E-state index contributed by atoms with van der Waals surface area (Å²) in [5, 5.41) is 14.7. The van der Waals surface area contributed by atoms with Crippen LogP contribution in [0.15, 0.2) is 59.0 Å². The molecule has 1 amide bonds. The summed E-state index contributed by atoms with van der Waals surface area (Å²) in [6.07, 6.45) is 0.907. The van der Waals surface area contributed by atoms with Crippen LogP contribution >= 0.6 is 0 Å². The van der Waals surface area contributed by atoms with Crippen LogP contribution in [-0.2, 0) is 11.2 Å². The van der Waals surface area contributed by atoms with E-state index in [9.17, 15) is 14.9 Å². The van der Waals surface area contributed by atoms with Gasteiger partial charge in [0.25, 0.3) is 11.6 Å². The molecule has 0 radical (unpaired) electrons. The summed E-state index contributed by atoms with van der Waals surface area (Å²) in [5.41, 5.74) is 5.38. The van der Waals surface area contributed by atoms with Crippen LogP contribution in [0.1, 0.15) is 28.4 Å². The number of rotatable bonds is 6. The van der Waals surface area contributed by atoms with Crippen molar-refractivity contribution < 1.29 is 18.9 Å². The zero-order valence-electron chi connectivity index (χ0n) is 20.1. The third-order valence-corrected chi connectivity index (χ3v) is 6.38. The molecule has 0 atom stereocenters. The van der Waals surface area contributed by atoms with E-state index < -0.39 is 10.8 Å². The van der Waals surface area contributed by atoms with E-state index in [-0.39, 0.29) is 11.3 Å². The van der Waals surface area contributed by atoms with Gasteiger partial charge >= 0.3 is 0 Å². The molecule has 0 spiro atoms. The van der Waals surface area contributed by atoms with Crippen molar-refractivity contribution in [3.05, 3.63) is 81.4 Å². The third-order valence-electron chi connectivity index (χ3n) is 6.38. The highest BCUT2D eigenvalue weighted by atomic mass is 16.6. The molecule has 2 heterocycles. The lowest BCUT2D eigenvalue weighted by Crippen LogP contribution is -2.36. The van der Waals surface area contributed by atoms with Crippen molar-refractivity contribution in [1.29, 1.82) is 0 Å². The number of nitro groups is 1. The number of anilines is 2. The molecule has 0 saturated carbocycles. The molecule has 9 heteroatoms. The Hall–Kier alpha value is -4.24. The van der Waals surface area contributed by atoms with Crippen molar-refractivity contribution in [2.24, 2.45) is 0 Å². The van der Waals surface area contributed by atoms with Gasteiger partial charge in [0.05, 0.1) is 18.1 Å². The topological polar surface area (TPSA) is 111 Å². The summed E-state index contributed by atoms with van der Waals surface area (Å²) in [6, 6.07) is 16.1. The molecule has 1 aliphatic rings. The molecule has 36 heavy (non-hydrogen) atoms. The summed E-state index contributed by atoms with van der Waals surface area (Å²) in [7, 11) is 0. The summed E-state index contributed by atoms with van der Waals surface area (Å²) in [4.78, 5) is 30.9. The van der Waals surface area contributed by atoms with Crippen LogP contribution in [0.2, 0.25) is 0 Å². The molecule has 1 aliphatic heterocycles. The average molecular weight is 487 g/mol. The molecule has 184 valence electrons. The molecule has 0 aliphatic carbocycles. The SMILES string of the molecule is CCc1ccc2oc(-c3ccc(C)c(NC(=O)c4ccc(N5CCOCC5)c([N+](=O)[O-])c4)c3)nc2c1. The maximum atomic E-state index is 13.1. The van der Waals surface area contributed by atoms with E-state index in [0.717, 1.165) is 23.1 Å². The largest absolute Gasteiger partial charge is 0.436 e. The van der Waals surface area contributed by atoms with E-state index >= 15 is 0 Å². The number of carbonyl (C=O) groups is 1. The summed E-state index contributed by atoms with van der Waals surface area (Å²) in [5.74, 6) is 0.0243. The van der Waals surface area contributed by atoms with E-state index in [2.05, 4.69) is 17.2 Å². The van der Waals surface area contributed by atoms with E-state index in [4.69, 9.17) is 9.15 Å². The maximum Gasteiger partial charge on any atom is 0.293 e. The van der Waals surface area contributed by atoms with Crippen LogP contribution in [-0.4, -0.2) is 42.1 Å². The van der Waals surface area contributed by atoms with Gasteiger partial charge in [0.15, 0.2) is 5.58 Å². The van der Waals surface area contributed by atoms with E-state index in [1.165, 1.54) is 11.6 Å². The zero-order valence-corrected chi connectivity index (χ0v) is 20.1. The van der Waals surface area contributed by atoms with Crippen molar-refractivity contribution in [3.8, 4) is 11.5 Å². The van der Waals surface area contributed by atoms with Crippen molar-refractivity contribution >= 4 is 34.1 Å². The molecule has 5 rings (SSSR count). The first-order chi connectivity index (χ1) is 17.4. The van der Waals surface area contributed by atoms with Crippen LogP contribution in [0.4, 0.5) is 17.1 Å². The van der Waals surface area contributed by atoms with Gasteiger partial charge in [0, 0.05) is 36.0 Å². The third kappa shape index (κ3) is 4.65. The number of aryl methyl sites for hydroxylation is 2. The quantitative estimate of drug-likeness (QED) is 0.288. The van der Waals surface area contributed by atoms with Crippen LogP contribution in [0.3, 0.4) is 0 Å². The van der Waals surface area contributed by atoms with Crippen LogP contribution in [0.25, 0.3) is 22.6 Å². The highest BCUT2D eigenvalue weighted by Crippen LogP contribution is 2.32. The van der Waals surface area contributed by atoms with Crippen LogP contribution < -0.4 is 10.2 Å². The number of hydrogen-bond donors (Lipinski definition) is 1. The first-order valence-electron chi connectivity index (χ1n) is 11.9. The number of hydrogen-bond acceptors (Lipinski definition) is 7. The Morgan fingerprint density at radius 1 is 1.11 bits per heavy atom. The van der Waals surface area contributed by atoms with E-state index in [1.807, 2.05) is 42.2 Å². The van der Waals surface area contributed by atoms with Gasteiger partial charge in [-0.05, 0) is 60.9 Å². The number of benzene rings is 3. The van der Waals surface area contributed by atoms with Gasteiger partial charge in [-0.1, -0.05) is 19.1 Å². The Kier molecular flexibility index (Phi) is 6.39. The minimum Gasteiger partial charge on any atom is -0.436 e. The van der Waals surface area contributed by atoms with Crippen molar-refractivity contribution in [2.45, 2.75) is 20.3 Å². The van der Waals surface area contributed by atoms with Crippen molar-refractivity contribution in [3.63, 3.8) is 0 Å². The van der Waals surface area contributed by atoms with E-state index in [1.54, 1.807) is 18.2 Å². The molecule has 9 nitrogen and oxygen atoms in total. The number of fused-ring (bicyclic) bond motifs is 1. The Labute approximate surface area is 207 Å². The second-order valence-electron chi connectivity index (χ2n) is 8.72. The molecule has 1 aromatic heterocycles. The van der Waals surface area contributed by atoms with Gasteiger partial charge in [-0.25, -0.2) is 4.98 Å². The second kappa shape index (κ2) is 9.79. The Bertz CT molecular complexity index is 1460. The van der Waals surface area contributed by atoms with Crippen LogP contribution in [0, 0.1) is 17.0 Å². The Morgan fingerprint density at radius 2 is 1.92 bits per heavy atom. The lowest BCUT2D eigenvalue weighted by molar-refractivity contribution is -0.384. The molecule has 1 saturated heterocycles. The number of nitrogens with zero attached hydrogens (tertiary/aromatic N) is 3.